The Morgan fingerprint density at radius 3 is 2.67 bits per heavy atom. The zero-order valence-electron chi connectivity index (χ0n) is 14.6. The van der Waals surface area contributed by atoms with Gasteiger partial charge in [-0.3, -0.25) is 14.6 Å². The Hall–Kier alpha value is -3.42. The number of ether oxygens (including phenoxy) is 1. The van der Waals surface area contributed by atoms with Gasteiger partial charge in [-0.25, -0.2) is 4.79 Å². The van der Waals surface area contributed by atoms with Gasteiger partial charge in [0.2, 0.25) is 0 Å². The van der Waals surface area contributed by atoms with E-state index in [-0.39, 0.29) is 23.8 Å². The average molecular weight is 369 g/mol. The average Bonchev–Trinajstić information content (AvgIpc) is 3.21. The summed E-state index contributed by atoms with van der Waals surface area (Å²) in [6.45, 7) is 1.47. The zero-order chi connectivity index (χ0) is 19.2. The van der Waals surface area contributed by atoms with Crippen molar-refractivity contribution in [3.8, 4) is 5.75 Å². The van der Waals surface area contributed by atoms with Crippen LogP contribution in [0.15, 0.2) is 42.6 Å². The quantitative estimate of drug-likeness (QED) is 0.806. The molecule has 27 heavy (non-hydrogen) atoms. The number of aromatic nitrogens is 1. The van der Waals surface area contributed by atoms with E-state index in [4.69, 9.17) is 9.84 Å². The fourth-order valence-corrected chi connectivity index (χ4v) is 2.75. The molecule has 2 N–H and O–H groups in total. The fraction of sp³-hybridized carbons (Fsp3) is 0.263. The minimum atomic E-state index is -1.13. The van der Waals surface area contributed by atoms with Gasteiger partial charge in [0.25, 0.3) is 11.8 Å². The number of hydrogen-bond acceptors (Lipinski definition) is 5. The summed E-state index contributed by atoms with van der Waals surface area (Å²) in [5, 5.41) is 11.6. The Labute approximate surface area is 155 Å². The van der Waals surface area contributed by atoms with Crippen LogP contribution in [-0.4, -0.2) is 52.5 Å². The van der Waals surface area contributed by atoms with Crippen LogP contribution in [0.25, 0.3) is 0 Å². The number of aromatic carboxylic acids is 1. The molecule has 0 spiro atoms. The summed E-state index contributed by atoms with van der Waals surface area (Å²) in [5.74, 6) is -1.28. The molecule has 1 fully saturated rings. The SMILES string of the molecule is O=C(O)c1ccnc(C(=O)Nc2cccc(OCC(=O)N3CCCC3)c2)c1. The molecule has 0 atom stereocenters. The van der Waals surface area contributed by atoms with E-state index in [9.17, 15) is 14.4 Å². The first-order valence-electron chi connectivity index (χ1n) is 8.54. The standard InChI is InChI=1S/C19H19N3O5/c23-17(22-8-1-2-9-22)12-27-15-5-3-4-14(11-15)21-18(24)16-10-13(19(25)26)6-7-20-16/h3-7,10-11H,1-2,8-9,12H2,(H,21,24)(H,25,26). The van der Waals surface area contributed by atoms with Gasteiger partial charge in [0.05, 0.1) is 5.56 Å². The minimum Gasteiger partial charge on any atom is -0.484 e. The zero-order valence-corrected chi connectivity index (χ0v) is 14.6. The van der Waals surface area contributed by atoms with Crippen LogP contribution in [-0.2, 0) is 4.79 Å². The van der Waals surface area contributed by atoms with Crippen LogP contribution in [0.3, 0.4) is 0 Å². The third-order valence-corrected chi connectivity index (χ3v) is 4.15. The summed E-state index contributed by atoms with van der Waals surface area (Å²) in [7, 11) is 0. The van der Waals surface area contributed by atoms with E-state index >= 15 is 0 Å². The van der Waals surface area contributed by atoms with Crippen molar-refractivity contribution < 1.29 is 24.2 Å². The molecule has 0 radical (unpaired) electrons. The van der Waals surface area contributed by atoms with Crippen LogP contribution in [0.2, 0.25) is 0 Å². The van der Waals surface area contributed by atoms with E-state index in [0.717, 1.165) is 25.9 Å². The highest BCUT2D eigenvalue weighted by molar-refractivity contribution is 6.04. The van der Waals surface area contributed by atoms with Crippen LogP contribution >= 0.6 is 0 Å². The third kappa shape index (κ3) is 4.81. The van der Waals surface area contributed by atoms with Crippen molar-refractivity contribution in [2.75, 3.05) is 25.0 Å². The molecule has 140 valence electrons. The number of anilines is 1. The molecule has 0 saturated carbocycles. The molecule has 3 rings (SSSR count). The van der Waals surface area contributed by atoms with Gasteiger partial charge in [0.1, 0.15) is 11.4 Å². The lowest BCUT2D eigenvalue weighted by molar-refractivity contribution is -0.132. The van der Waals surface area contributed by atoms with E-state index in [0.29, 0.717) is 11.4 Å². The first-order chi connectivity index (χ1) is 13.0. The molecule has 1 aliphatic heterocycles. The van der Waals surface area contributed by atoms with E-state index in [1.165, 1.54) is 18.3 Å². The molecule has 2 aromatic rings. The summed E-state index contributed by atoms with van der Waals surface area (Å²) in [5.41, 5.74) is 0.423. The van der Waals surface area contributed by atoms with Crippen LogP contribution in [0.4, 0.5) is 5.69 Å². The summed E-state index contributed by atoms with van der Waals surface area (Å²) >= 11 is 0. The molecule has 1 saturated heterocycles. The number of carbonyl (C=O) groups is 3. The van der Waals surface area contributed by atoms with Gasteiger partial charge in [-0.15, -0.1) is 0 Å². The smallest absolute Gasteiger partial charge is 0.335 e. The maximum Gasteiger partial charge on any atom is 0.335 e. The predicted molar refractivity (Wildman–Crippen MR) is 96.9 cm³/mol. The topological polar surface area (TPSA) is 109 Å². The molecule has 0 bridgehead atoms. The van der Waals surface area contributed by atoms with Gasteiger partial charge in [-0.05, 0) is 37.1 Å². The summed E-state index contributed by atoms with van der Waals surface area (Å²) in [6, 6.07) is 9.14. The second kappa shape index (κ2) is 8.31. The van der Waals surface area contributed by atoms with Gasteiger partial charge in [0.15, 0.2) is 6.61 Å². The van der Waals surface area contributed by atoms with Crippen molar-refractivity contribution in [1.29, 1.82) is 0 Å². The van der Waals surface area contributed by atoms with Gasteiger partial charge in [-0.1, -0.05) is 6.07 Å². The minimum absolute atomic E-state index is 0.00886. The van der Waals surface area contributed by atoms with E-state index in [1.54, 1.807) is 29.2 Å². The molecule has 0 unspecified atom stereocenters. The number of rotatable bonds is 6. The molecule has 2 amide bonds. The monoisotopic (exact) mass is 369 g/mol. The maximum absolute atomic E-state index is 12.3. The van der Waals surface area contributed by atoms with Crippen molar-refractivity contribution >= 4 is 23.5 Å². The lowest BCUT2D eigenvalue weighted by Gasteiger charge is -2.15. The van der Waals surface area contributed by atoms with E-state index < -0.39 is 11.9 Å². The number of carbonyl (C=O) groups excluding carboxylic acids is 2. The van der Waals surface area contributed by atoms with Crippen LogP contribution in [0.5, 0.6) is 5.75 Å². The number of nitrogens with zero attached hydrogens (tertiary/aromatic N) is 2. The Bertz CT molecular complexity index is 862. The Kier molecular flexibility index (Phi) is 5.65. The van der Waals surface area contributed by atoms with Crippen molar-refractivity contribution in [2.24, 2.45) is 0 Å². The van der Waals surface area contributed by atoms with Gasteiger partial charge in [0, 0.05) is 31.0 Å². The molecular weight excluding hydrogens is 350 g/mol. The second-order valence-electron chi connectivity index (χ2n) is 6.09. The molecule has 1 aromatic carbocycles. The molecule has 8 nitrogen and oxygen atoms in total. The van der Waals surface area contributed by atoms with Gasteiger partial charge < -0.3 is 20.1 Å². The van der Waals surface area contributed by atoms with Crippen LogP contribution < -0.4 is 10.1 Å². The third-order valence-electron chi connectivity index (χ3n) is 4.15. The first kappa shape index (κ1) is 18.4. The van der Waals surface area contributed by atoms with Gasteiger partial charge >= 0.3 is 5.97 Å². The van der Waals surface area contributed by atoms with Crippen LogP contribution in [0.1, 0.15) is 33.7 Å². The summed E-state index contributed by atoms with van der Waals surface area (Å²) in [4.78, 5) is 41.0. The van der Waals surface area contributed by atoms with E-state index in [1.807, 2.05) is 0 Å². The summed E-state index contributed by atoms with van der Waals surface area (Å²) in [6.07, 6.45) is 3.30. The molecule has 1 aliphatic rings. The molecule has 1 aromatic heterocycles. The Morgan fingerprint density at radius 2 is 1.93 bits per heavy atom. The fourth-order valence-electron chi connectivity index (χ4n) is 2.75. The first-order valence-corrected chi connectivity index (χ1v) is 8.54. The highest BCUT2D eigenvalue weighted by atomic mass is 16.5. The van der Waals surface area contributed by atoms with E-state index in [2.05, 4.69) is 10.3 Å². The number of nitrogens with one attached hydrogen (secondary N) is 1. The number of likely N-dealkylation sites (tertiary alicyclic amines) is 1. The van der Waals surface area contributed by atoms with Crippen molar-refractivity contribution in [3.05, 3.63) is 53.9 Å². The largest absolute Gasteiger partial charge is 0.484 e. The van der Waals surface area contributed by atoms with Crippen molar-refractivity contribution in [2.45, 2.75) is 12.8 Å². The Balaban J connectivity index is 1.61. The number of carboxylic acid groups (broad SMARTS) is 1. The lowest BCUT2D eigenvalue weighted by Crippen LogP contribution is -2.32. The highest BCUT2D eigenvalue weighted by Crippen LogP contribution is 2.18. The predicted octanol–water partition coefficient (Wildman–Crippen LogP) is 2.03. The maximum atomic E-state index is 12.3. The normalized spacial score (nSPS) is 13.3. The van der Waals surface area contributed by atoms with Crippen molar-refractivity contribution in [1.82, 2.24) is 9.88 Å². The van der Waals surface area contributed by atoms with Gasteiger partial charge in [-0.2, -0.15) is 0 Å². The highest BCUT2D eigenvalue weighted by Gasteiger charge is 2.18. The number of amides is 2. The van der Waals surface area contributed by atoms with Crippen LogP contribution in [0, 0.1) is 0 Å². The van der Waals surface area contributed by atoms with Crippen molar-refractivity contribution in [3.63, 3.8) is 0 Å². The molecule has 8 heteroatoms. The number of benzene rings is 1. The molecule has 2 heterocycles. The summed E-state index contributed by atoms with van der Waals surface area (Å²) < 4.78 is 5.52. The lowest BCUT2D eigenvalue weighted by atomic mass is 10.2. The Morgan fingerprint density at radius 1 is 1.15 bits per heavy atom. The molecular formula is C19H19N3O5. The number of hydrogen-bond donors (Lipinski definition) is 2. The molecule has 0 aliphatic carbocycles. The second-order valence-corrected chi connectivity index (χ2v) is 6.09. The number of pyridine rings is 1. The number of carboxylic acids is 1.